The summed E-state index contributed by atoms with van der Waals surface area (Å²) in [6, 6.07) is 3.38. The monoisotopic (exact) mass is 178 g/mol. The number of benzene rings is 1. The molecule has 0 saturated heterocycles. The van der Waals surface area contributed by atoms with Crippen LogP contribution < -0.4 is 5.32 Å². The zero-order valence-electron chi connectivity index (χ0n) is 6.48. The largest absolute Gasteiger partial charge is 0.508 e. The summed E-state index contributed by atoms with van der Waals surface area (Å²) in [5, 5.41) is 28.0. The quantitative estimate of drug-likeness (QED) is 0.426. The number of carbonyl (C=O) groups excluding carboxylic acids is 1. The Balaban J connectivity index is 3.02. The lowest BCUT2D eigenvalue weighted by atomic mass is 10.2. The lowest BCUT2D eigenvalue weighted by Gasteiger charge is -1.99. The number of rotatable bonds is 1. The van der Waals surface area contributed by atoms with Gasteiger partial charge in [-0.3, -0.25) is 10.1 Å². The van der Waals surface area contributed by atoms with Crippen molar-refractivity contribution in [2.24, 2.45) is 0 Å². The van der Waals surface area contributed by atoms with E-state index in [1.807, 2.05) is 5.32 Å². The Morgan fingerprint density at radius 3 is 2.31 bits per heavy atom. The average Bonchev–Trinajstić information content (AvgIpc) is 2.03. The van der Waals surface area contributed by atoms with Crippen molar-refractivity contribution in [2.75, 3.05) is 0 Å². The molecule has 0 aliphatic rings. The van der Waals surface area contributed by atoms with Gasteiger partial charge in [0.05, 0.1) is 0 Å². The van der Waals surface area contributed by atoms with Crippen molar-refractivity contribution in [1.29, 1.82) is 5.26 Å². The minimum Gasteiger partial charge on any atom is -0.508 e. The van der Waals surface area contributed by atoms with Crippen LogP contribution in [0.1, 0.15) is 10.4 Å². The van der Waals surface area contributed by atoms with Crippen LogP contribution in [0, 0.1) is 11.5 Å². The van der Waals surface area contributed by atoms with E-state index in [-0.39, 0.29) is 17.1 Å². The molecule has 13 heavy (non-hydrogen) atoms. The number of nitrogens with one attached hydrogen (secondary N) is 1. The molecule has 1 aromatic rings. The van der Waals surface area contributed by atoms with Crippen molar-refractivity contribution in [1.82, 2.24) is 5.32 Å². The van der Waals surface area contributed by atoms with Crippen LogP contribution in [-0.4, -0.2) is 16.1 Å². The van der Waals surface area contributed by atoms with Gasteiger partial charge in [-0.1, -0.05) is 0 Å². The molecular weight excluding hydrogens is 172 g/mol. The molecule has 66 valence electrons. The first-order valence-corrected chi connectivity index (χ1v) is 3.36. The molecule has 0 spiro atoms. The standard InChI is InChI=1S/C8H6N2O3/c9-4-10-8(13)5-1-6(11)3-7(12)2-5/h1-3,11-12H,(H,10,13). The zero-order valence-corrected chi connectivity index (χ0v) is 6.48. The summed E-state index contributed by atoms with van der Waals surface area (Å²) in [5.74, 6) is -1.14. The van der Waals surface area contributed by atoms with Gasteiger partial charge in [-0.25, -0.2) is 0 Å². The summed E-state index contributed by atoms with van der Waals surface area (Å²) in [6.45, 7) is 0. The van der Waals surface area contributed by atoms with Gasteiger partial charge in [0.2, 0.25) is 0 Å². The highest BCUT2D eigenvalue weighted by atomic mass is 16.3. The van der Waals surface area contributed by atoms with Crippen LogP contribution >= 0.6 is 0 Å². The highest BCUT2D eigenvalue weighted by Crippen LogP contribution is 2.19. The van der Waals surface area contributed by atoms with Crippen LogP contribution in [0.15, 0.2) is 18.2 Å². The van der Waals surface area contributed by atoms with Gasteiger partial charge in [0.1, 0.15) is 11.5 Å². The number of phenols is 2. The third-order valence-electron chi connectivity index (χ3n) is 1.33. The van der Waals surface area contributed by atoms with E-state index in [0.717, 1.165) is 18.2 Å². The van der Waals surface area contributed by atoms with Crippen LogP contribution in [0.25, 0.3) is 0 Å². The molecule has 0 aromatic heterocycles. The normalized spacial score (nSPS) is 8.85. The maximum absolute atomic E-state index is 11.0. The molecule has 0 heterocycles. The van der Waals surface area contributed by atoms with E-state index in [0.29, 0.717) is 0 Å². The van der Waals surface area contributed by atoms with Gasteiger partial charge in [0, 0.05) is 11.6 Å². The summed E-state index contributed by atoms with van der Waals surface area (Å²) in [4.78, 5) is 11.0. The minimum absolute atomic E-state index is 0.0269. The average molecular weight is 178 g/mol. The van der Waals surface area contributed by atoms with E-state index in [1.54, 1.807) is 0 Å². The smallest absolute Gasteiger partial charge is 0.264 e. The number of hydrogen-bond acceptors (Lipinski definition) is 4. The summed E-state index contributed by atoms with van der Waals surface area (Å²) >= 11 is 0. The maximum Gasteiger partial charge on any atom is 0.264 e. The van der Waals surface area contributed by atoms with Crippen molar-refractivity contribution in [2.45, 2.75) is 0 Å². The fraction of sp³-hybridized carbons (Fsp3) is 0. The van der Waals surface area contributed by atoms with Crippen molar-refractivity contribution >= 4 is 5.91 Å². The van der Waals surface area contributed by atoms with Crippen molar-refractivity contribution in [3.63, 3.8) is 0 Å². The molecule has 3 N–H and O–H groups in total. The highest BCUT2D eigenvalue weighted by molar-refractivity contribution is 5.95. The van der Waals surface area contributed by atoms with E-state index < -0.39 is 5.91 Å². The van der Waals surface area contributed by atoms with Crippen molar-refractivity contribution in [3.8, 4) is 17.7 Å². The molecule has 5 nitrogen and oxygen atoms in total. The fourth-order valence-corrected chi connectivity index (χ4v) is 0.849. The van der Waals surface area contributed by atoms with Gasteiger partial charge in [-0.2, -0.15) is 5.26 Å². The van der Waals surface area contributed by atoms with Gasteiger partial charge in [-0.15, -0.1) is 0 Å². The molecule has 0 aliphatic heterocycles. The molecule has 0 atom stereocenters. The second-order valence-corrected chi connectivity index (χ2v) is 2.30. The highest BCUT2D eigenvalue weighted by Gasteiger charge is 2.06. The van der Waals surface area contributed by atoms with Crippen molar-refractivity contribution < 1.29 is 15.0 Å². The van der Waals surface area contributed by atoms with Gasteiger partial charge in [0.25, 0.3) is 5.91 Å². The van der Waals surface area contributed by atoms with Gasteiger partial charge < -0.3 is 10.2 Å². The minimum atomic E-state index is -0.672. The van der Waals surface area contributed by atoms with Crippen LogP contribution in [0.3, 0.4) is 0 Å². The van der Waals surface area contributed by atoms with E-state index in [9.17, 15) is 4.79 Å². The van der Waals surface area contributed by atoms with E-state index >= 15 is 0 Å². The first kappa shape index (κ1) is 8.87. The van der Waals surface area contributed by atoms with Crippen LogP contribution in [0.5, 0.6) is 11.5 Å². The van der Waals surface area contributed by atoms with E-state index in [4.69, 9.17) is 15.5 Å². The molecule has 1 aromatic carbocycles. The first-order chi connectivity index (χ1) is 6.13. The predicted octanol–water partition coefficient (Wildman–Crippen LogP) is 0.309. The molecule has 0 radical (unpaired) electrons. The molecule has 1 rings (SSSR count). The molecule has 5 heteroatoms. The van der Waals surface area contributed by atoms with Crippen molar-refractivity contribution in [3.05, 3.63) is 23.8 Å². The first-order valence-electron chi connectivity index (χ1n) is 3.36. The Kier molecular flexibility index (Phi) is 2.36. The number of carbonyl (C=O) groups is 1. The van der Waals surface area contributed by atoms with E-state index in [2.05, 4.69) is 0 Å². The van der Waals surface area contributed by atoms with Crippen LogP contribution in [0.2, 0.25) is 0 Å². The second-order valence-electron chi connectivity index (χ2n) is 2.30. The third-order valence-corrected chi connectivity index (χ3v) is 1.33. The molecule has 0 aliphatic carbocycles. The summed E-state index contributed by atoms with van der Waals surface area (Å²) in [7, 11) is 0. The van der Waals surface area contributed by atoms with Gasteiger partial charge in [0.15, 0.2) is 6.19 Å². The molecule has 0 unspecified atom stereocenters. The van der Waals surface area contributed by atoms with Gasteiger partial charge in [-0.05, 0) is 12.1 Å². The molecule has 1 amide bonds. The Bertz CT molecular complexity index is 361. The van der Waals surface area contributed by atoms with E-state index in [1.165, 1.54) is 6.19 Å². The Labute approximate surface area is 73.9 Å². The molecular formula is C8H6N2O3. The summed E-state index contributed by atoms with van der Waals surface area (Å²) < 4.78 is 0. The SMILES string of the molecule is N#CNC(=O)c1cc(O)cc(O)c1. The summed E-state index contributed by atoms with van der Waals surface area (Å²) in [6.07, 6.45) is 1.44. The zero-order chi connectivity index (χ0) is 9.84. The van der Waals surface area contributed by atoms with Gasteiger partial charge >= 0.3 is 0 Å². The second kappa shape index (κ2) is 3.45. The summed E-state index contributed by atoms with van der Waals surface area (Å²) in [5.41, 5.74) is 0.0269. The number of nitriles is 1. The lowest BCUT2D eigenvalue weighted by Crippen LogP contribution is -2.16. The predicted molar refractivity (Wildman–Crippen MR) is 42.9 cm³/mol. The molecule has 0 fully saturated rings. The molecule has 0 saturated carbocycles. The number of amides is 1. The maximum atomic E-state index is 11.0. The Hall–Kier alpha value is -2.22. The molecule has 0 bridgehead atoms. The Morgan fingerprint density at radius 2 is 1.85 bits per heavy atom. The number of aromatic hydroxyl groups is 2. The lowest BCUT2D eigenvalue weighted by molar-refractivity contribution is 0.0972. The topological polar surface area (TPSA) is 93.4 Å². The Morgan fingerprint density at radius 1 is 1.31 bits per heavy atom. The fourth-order valence-electron chi connectivity index (χ4n) is 0.849. The number of nitrogens with zero attached hydrogens (tertiary/aromatic N) is 1. The van der Waals surface area contributed by atoms with Crippen LogP contribution in [-0.2, 0) is 0 Å². The number of hydrogen-bond donors (Lipinski definition) is 3. The van der Waals surface area contributed by atoms with Crippen LogP contribution in [0.4, 0.5) is 0 Å². The third kappa shape index (κ3) is 2.10. The number of phenolic OH excluding ortho intramolecular Hbond substituents is 2.